The van der Waals surface area contributed by atoms with Crippen LogP contribution in [0.1, 0.15) is 24.5 Å². The number of methoxy groups -OCH3 is 2. The maximum absolute atomic E-state index is 10.9. The quantitative estimate of drug-likeness (QED) is 0.843. The molecular formula is C15H22BrNO4. The van der Waals surface area contributed by atoms with Crippen molar-refractivity contribution in [2.24, 2.45) is 11.1 Å². The van der Waals surface area contributed by atoms with Crippen LogP contribution in [0.5, 0.6) is 11.5 Å². The van der Waals surface area contributed by atoms with Gasteiger partial charge in [-0.05, 0) is 30.5 Å². The third-order valence-electron chi connectivity index (χ3n) is 4.27. The van der Waals surface area contributed by atoms with E-state index in [9.17, 15) is 5.11 Å². The molecule has 1 heterocycles. The highest BCUT2D eigenvalue weighted by Crippen LogP contribution is 2.46. The molecule has 1 aromatic rings. The van der Waals surface area contributed by atoms with Crippen LogP contribution in [0.2, 0.25) is 0 Å². The van der Waals surface area contributed by atoms with Crippen molar-refractivity contribution in [2.45, 2.75) is 18.9 Å². The standard InChI is InChI=1S/C15H22BrNO4/c1-19-12-7-10(11(16)8-13(12)20-2)14(18)15(9-17)3-5-21-6-4-15/h7-8,14,18H,3-6,9,17H2,1-2H3. The Bertz CT molecular complexity index is 489. The molecule has 0 radical (unpaired) electrons. The van der Waals surface area contributed by atoms with Gasteiger partial charge in [0.2, 0.25) is 0 Å². The molecule has 0 amide bonds. The fraction of sp³-hybridized carbons (Fsp3) is 0.600. The average molecular weight is 360 g/mol. The van der Waals surface area contributed by atoms with Gasteiger partial charge in [0.1, 0.15) is 0 Å². The number of ether oxygens (including phenoxy) is 3. The zero-order chi connectivity index (χ0) is 15.5. The Hall–Kier alpha value is -0.820. The molecule has 2 rings (SSSR count). The molecule has 1 saturated heterocycles. The fourth-order valence-electron chi connectivity index (χ4n) is 2.78. The first-order valence-corrected chi connectivity index (χ1v) is 7.74. The Morgan fingerprint density at radius 1 is 1.29 bits per heavy atom. The third kappa shape index (κ3) is 3.18. The lowest BCUT2D eigenvalue weighted by molar-refractivity contribution is -0.0584. The summed E-state index contributed by atoms with van der Waals surface area (Å²) in [5.41, 5.74) is 6.37. The van der Waals surface area contributed by atoms with Crippen LogP contribution in [0, 0.1) is 5.41 Å². The minimum atomic E-state index is -0.680. The summed E-state index contributed by atoms with van der Waals surface area (Å²) in [6, 6.07) is 3.61. The second-order valence-corrected chi connectivity index (χ2v) is 6.16. The van der Waals surface area contributed by atoms with E-state index in [1.165, 1.54) is 0 Å². The maximum Gasteiger partial charge on any atom is 0.161 e. The predicted molar refractivity (Wildman–Crippen MR) is 83.7 cm³/mol. The number of aliphatic hydroxyl groups is 1. The molecule has 1 aliphatic heterocycles. The number of benzene rings is 1. The van der Waals surface area contributed by atoms with Crippen molar-refractivity contribution in [1.82, 2.24) is 0 Å². The molecule has 5 nitrogen and oxygen atoms in total. The smallest absolute Gasteiger partial charge is 0.161 e. The number of rotatable bonds is 5. The van der Waals surface area contributed by atoms with Crippen molar-refractivity contribution in [3.05, 3.63) is 22.2 Å². The molecule has 0 aliphatic carbocycles. The SMILES string of the molecule is COc1cc(Br)c(C(O)C2(CN)CCOCC2)cc1OC. The predicted octanol–water partition coefficient (Wildman–Crippen LogP) is 2.26. The first-order valence-electron chi connectivity index (χ1n) is 6.95. The van der Waals surface area contributed by atoms with Gasteiger partial charge in [-0.15, -0.1) is 0 Å². The molecule has 1 atom stereocenters. The van der Waals surface area contributed by atoms with Gasteiger partial charge in [-0.2, -0.15) is 0 Å². The van der Waals surface area contributed by atoms with Gasteiger partial charge in [-0.3, -0.25) is 0 Å². The van der Waals surface area contributed by atoms with Crippen LogP contribution in [-0.4, -0.2) is 39.1 Å². The van der Waals surface area contributed by atoms with E-state index in [2.05, 4.69) is 15.9 Å². The largest absolute Gasteiger partial charge is 0.493 e. The lowest BCUT2D eigenvalue weighted by atomic mass is 9.73. The van der Waals surface area contributed by atoms with Gasteiger partial charge in [0, 0.05) is 29.6 Å². The topological polar surface area (TPSA) is 73.9 Å². The zero-order valence-corrected chi connectivity index (χ0v) is 14.0. The van der Waals surface area contributed by atoms with Gasteiger partial charge in [0.25, 0.3) is 0 Å². The van der Waals surface area contributed by atoms with Gasteiger partial charge in [-0.1, -0.05) is 15.9 Å². The van der Waals surface area contributed by atoms with E-state index >= 15 is 0 Å². The summed E-state index contributed by atoms with van der Waals surface area (Å²) in [5.74, 6) is 1.21. The summed E-state index contributed by atoms with van der Waals surface area (Å²) in [7, 11) is 3.16. The molecule has 21 heavy (non-hydrogen) atoms. The molecule has 0 saturated carbocycles. The van der Waals surface area contributed by atoms with E-state index in [1.807, 2.05) is 0 Å². The van der Waals surface area contributed by atoms with Crippen LogP contribution >= 0.6 is 15.9 Å². The minimum Gasteiger partial charge on any atom is -0.493 e. The molecular weight excluding hydrogens is 338 g/mol. The zero-order valence-electron chi connectivity index (χ0n) is 12.4. The molecule has 6 heteroatoms. The van der Waals surface area contributed by atoms with E-state index in [0.29, 0.717) is 31.3 Å². The first kappa shape index (κ1) is 16.5. The highest BCUT2D eigenvalue weighted by molar-refractivity contribution is 9.10. The summed E-state index contributed by atoms with van der Waals surface area (Å²) in [6.45, 7) is 1.66. The summed E-state index contributed by atoms with van der Waals surface area (Å²) in [4.78, 5) is 0. The van der Waals surface area contributed by atoms with Crippen LogP contribution < -0.4 is 15.2 Å². The average Bonchev–Trinajstić information content (AvgIpc) is 2.54. The molecule has 118 valence electrons. The molecule has 1 unspecified atom stereocenters. The Labute approximate surface area is 133 Å². The van der Waals surface area contributed by atoms with Gasteiger partial charge in [-0.25, -0.2) is 0 Å². The summed E-state index contributed by atoms with van der Waals surface area (Å²) in [6.07, 6.45) is 0.803. The normalized spacial score (nSPS) is 19.1. The van der Waals surface area contributed by atoms with E-state index < -0.39 is 6.10 Å². The molecule has 1 fully saturated rings. The van der Waals surface area contributed by atoms with Crippen LogP contribution in [-0.2, 0) is 4.74 Å². The number of hydrogen-bond donors (Lipinski definition) is 2. The van der Waals surface area contributed by atoms with Crippen LogP contribution in [0.25, 0.3) is 0 Å². The van der Waals surface area contributed by atoms with Crippen molar-refractivity contribution in [3.8, 4) is 11.5 Å². The van der Waals surface area contributed by atoms with Crippen molar-refractivity contribution in [3.63, 3.8) is 0 Å². The second kappa shape index (κ2) is 6.96. The van der Waals surface area contributed by atoms with Crippen molar-refractivity contribution in [1.29, 1.82) is 0 Å². The lowest BCUT2D eigenvalue weighted by Gasteiger charge is -2.40. The molecule has 3 N–H and O–H groups in total. The molecule has 1 aromatic carbocycles. The minimum absolute atomic E-state index is 0.361. The first-order chi connectivity index (χ1) is 10.1. The monoisotopic (exact) mass is 359 g/mol. The Balaban J connectivity index is 2.39. The van der Waals surface area contributed by atoms with Crippen LogP contribution in [0.4, 0.5) is 0 Å². The summed E-state index contributed by atoms with van der Waals surface area (Å²) < 4.78 is 16.8. The molecule has 0 spiro atoms. The summed E-state index contributed by atoms with van der Waals surface area (Å²) >= 11 is 3.50. The Morgan fingerprint density at radius 2 is 1.86 bits per heavy atom. The number of aliphatic hydroxyl groups excluding tert-OH is 1. The van der Waals surface area contributed by atoms with Crippen LogP contribution in [0.15, 0.2) is 16.6 Å². The molecule has 0 bridgehead atoms. The number of hydrogen-bond acceptors (Lipinski definition) is 5. The maximum atomic E-state index is 10.9. The van der Waals surface area contributed by atoms with Crippen LogP contribution in [0.3, 0.4) is 0 Å². The van der Waals surface area contributed by atoms with Gasteiger partial charge >= 0.3 is 0 Å². The Kier molecular flexibility index (Phi) is 5.48. The van der Waals surface area contributed by atoms with Crippen molar-refractivity contribution < 1.29 is 19.3 Å². The van der Waals surface area contributed by atoms with Crippen molar-refractivity contribution >= 4 is 15.9 Å². The van der Waals surface area contributed by atoms with Gasteiger partial charge < -0.3 is 25.1 Å². The van der Waals surface area contributed by atoms with Gasteiger partial charge in [0.15, 0.2) is 11.5 Å². The Morgan fingerprint density at radius 3 is 2.38 bits per heavy atom. The molecule has 1 aliphatic rings. The van der Waals surface area contributed by atoms with Crippen molar-refractivity contribution in [2.75, 3.05) is 34.0 Å². The second-order valence-electron chi connectivity index (χ2n) is 5.31. The van der Waals surface area contributed by atoms with Gasteiger partial charge in [0.05, 0.1) is 20.3 Å². The number of halogens is 1. The van der Waals surface area contributed by atoms with E-state index in [4.69, 9.17) is 19.9 Å². The lowest BCUT2D eigenvalue weighted by Crippen LogP contribution is -2.41. The summed E-state index contributed by atoms with van der Waals surface area (Å²) in [5, 5.41) is 10.9. The number of nitrogens with two attached hydrogens (primary N) is 1. The van der Waals surface area contributed by atoms with E-state index in [-0.39, 0.29) is 5.41 Å². The fourth-order valence-corrected chi connectivity index (χ4v) is 3.32. The highest BCUT2D eigenvalue weighted by atomic mass is 79.9. The molecule has 0 aromatic heterocycles. The highest BCUT2D eigenvalue weighted by Gasteiger charge is 2.40. The van der Waals surface area contributed by atoms with E-state index in [0.717, 1.165) is 22.9 Å². The van der Waals surface area contributed by atoms with E-state index in [1.54, 1.807) is 26.4 Å². The third-order valence-corrected chi connectivity index (χ3v) is 4.96.